The zero-order valence-corrected chi connectivity index (χ0v) is 13.7. The molecular formula is C16H21Cl2NO. The number of allylic oxidation sites excluding steroid dienone is 1. The number of rotatable bonds is 6. The van der Waals surface area contributed by atoms with Gasteiger partial charge < -0.3 is 4.90 Å². The number of amides is 1. The van der Waals surface area contributed by atoms with Gasteiger partial charge in [0.2, 0.25) is 5.91 Å². The van der Waals surface area contributed by atoms with Crippen LogP contribution in [-0.4, -0.2) is 22.7 Å². The molecular weight excluding hydrogens is 293 g/mol. The molecule has 0 heterocycles. The van der Waals surface area contributed by atoms with Gasteiger partial charge in [0.25, 0.3) is 0 Å². The fraction of sp³-hybridized carbons (Fsp3) is 0.438. The largest absolute Gasteiger partial charge is 0.335 e. The summed E-state index contributed by atoms with van der Waals surface area (Å²) in [4.78, 5) is 14.0. The summed E-state index contributed by atoms with van der Waals surface area (Å²) >= 11 is 11.7. The Morgan fingerprint density at radius 2 is 1.85 bits per heavy atom. The first-order valence-electron chi connectivity index (χ1n) is 6.74. The fourth-order valence-corrected chi connectivity index (χ4v) is 2.00. The Morgan fingerprint density at radius 1 is 1.25 bits per heavy atom. The van der Waals surface area contributed by atoms with Crippen molar-refractivity contribution in [3.8, 4) is 0 Å². The standard InChI is InChI=1S/C16H21Cl2NO/c1-12(2)10-19(16(20)9-4-13(3)17)11-14-5-7-15(18)8-6-14/h4-9,12-13H,10-11H2,1-3H3/b9-4+. The van der Waals surface area contributed by atoms with Crippen molar-refractivity contribution >= 4 is 29.1 Å². The third-order valence-corrected chi connectivity index (χ3v) is 3.09. The molecule has 1 aromatic rings. The van der Waals surface area contributed by atoms with Gasteiger partial charge in [0.05, 0.1) is 0 Å². The van der Waals surface area contributed by atoms with E-state index in [-0.39, 0.29) is 11.3 Å². The van der Waals surface area contributed by atoms with Gasteiger partial charge in [0.1, 0.15) is 0 Å². The lowest BCUT2D eigenvalue weighted by atomic mass is 10.1. The van der Waals surface area contributed by atoms with Gasteiger partial charge >= 0.3 is 0 Å². The molecule has 1 amide bonds. The predicted octanol–water partition coefficient (Wildman–Crippen LogP) is 4.51. The SMILES string of the molecule is CC(Cl)/C=C/C(=O)N(Cc1ccc(Cl)cc1)CC(C)C. The van der Waals surface area contributed by atoms with Crippen LogP contribution in [0.3, 0.4) is 0 Å². The molecule has 0 aliphatic carbocycles. The number of hydrogen-bond acceptors (Lipinski definition) is 1. The summed E-state index contributed by atoms with van der Waals surface area (Å²) in [6.45, 7) is 7.31. The Kier molecular flexibility index (Phi) is 7.11. The lowest BCUT2D eigenvalue weighted by molar-refractivity contribution is -0.127. The van der Waals surface area contributed by atoms with Gasteiger partial charge in [-0.05, 0) is 30.5 Å². The average Bonchev–Trinajstić information content (AvgIpc) is 2.37. The summed E-state index contributed by atoms with van der Waals surface area (Å²) in [5.41, 5.74) is 1.07. The average molecular weight is 314 g/mol. The van der Waals surface area contributed by atoms with Crippen LogP contribution < -0.4 is 0 Å². The molecule has 110 valence electrons. The molecule has 0 spiro atoms. The highest BCUT2D eigenvalue weighted by Gasteiger charge is 2.13. The van der Waals surface area contributed by atoms with Gasteiger partial charge in [-0.25, -0.2) is 0 Å². The molecule has 1 atom stereocenters. The summed E-state index contributed by atoms with van der Waals surface area (Å²) in [5, 5.41) is 0.557. The van der Waals surface area contributed by atoms with Crippen molar-refractivity contribution in [2.45, 2.75) is 32.7 Å². The topological polar surface area (TPSA) is 20.3 Å². The van der Waals surface area contributed by atoms with E-state index in [4.69, 9.17) is 23.2 Å². The predicted molar refractivity (Wildman–Crippen MR) is 86.2 cm³/mol. The van der Waals surface area contributed by atoms with E-state index in [1.807, 2.05) is 36.1 Å². The zero-order valence-electron chi connectivity index (χ0n) is 12.1. The molecule has 0 aromatic heterocycles. The first-order chi connectivity index (χ1) is 9.38. The molecule has 0 saturated heterocycles. The number of benzene rings is 1. The Bertz CT molecular complexity index is 452. The highest BCUT2D eigenvalue weighted by Crippen LogP contribution is 2.13. The third-order valence-electron chi connectivity index (χ3n) is 2.69. The van der Waals surface area contributed by atoms with Crippen LogP contribution in [0.15, 0.2) is 36.4 Å². The van der Waals surface area contributed by atoms with Crippen molar-refractivity contribution in [3.63, 3.8) is 0 Å². The van der Waals surface area contributed by atoms with E-state index >= 15 is 0 Å². The number of carbonyl (C=O) groups is 1. The molecule has 0 N–H and O–H groups in total. The molecule has 0 fully saturated rings. The maximum absolute atomic E-state index is 12.2. The molecule has 0 radical (unpaired) electrons. The molecule has 2 nitrogen and oxygen atoms in total. The second kappa shape index (κ2) is 8.33. The van der Waals surface area contributed by atoms with Crippen molar-refractivity contribution in [2.24, 2.45) is 5.92 Å². The number of nitrogens with zero attached hydrogens (tertiary/aromatic N) is 1. The molecule has 0 aliphatic rings. The van der Waals surface area contributed by atoms with E-state index in [0.29, 0.717) is 24.0 Å². The van der Waals surface area contributed by atoms with Crippen LogP contribution in [0.5, 0.6) is 0 Å². The smallest absolute Gasteiger partial charge is 0.246 e. The quantitative estimate of drug-likeness (QED) is 0.559. The first-order valence-corrected chi connectivity index (χ1v) is 7.55. The monoisotopic (exact) mass is 313 g/mol. The van der Waals surface area contributed by atoms with E-state index in [1.165, 1.54) is 0 Å². The van der Waals surface area contributed by atoms with Gasteiger partial charge in [-0.2, -0.15) is 0 Å². The van der Waals surface area contributed by atoms with E-state index in [2.05, 4.69) is 13.8 Å². The number of halogens is 2. The van der Waals surface area contributed by atoms with Crippen LogP contribution in [0.1, 0.15) is 26.3 Å². The maximum Gasteiger partial charge on any atom is 0.246 e. The molecule has 0 aliphatic heterocycles. The highest BCUT2D eigenvalue weighted by molar-refractivity contribution is 6.30. The summed E-state index contributed by atoms with van der Waals surface area (Å²) in [6, 6.07) is 7.56. The second-order valence-corrected chi connectivity index (χ2v) is 6.40. The Balaban J connectivity index is 2.78. The molecule has 1 aromatic carbocycles. The van der Waals surface area contributed by atoms with Crippen molar-refractivity contribution in [2.75, 3.05) is 6.54 Å². The molecule has 20 heavy (non-hydrogen) atoms. The van der Waals surface area contributed by atoms with Gasteiger partial charge in [0.15, 0.2) is 0 Å². The Hall–Kier alpha value is -0.990. The van der Waals surface area contributed by atoms with Crippen LogP contribution in [0.25, 0.3) is 0 Å². The minimum Gasteiger partial charge on any atom is -0.335 e. The van der Waals surface area contributed by atoms with Gasteiger partial charge in [-0.1, -0.05) is 43.7 Å². The van der Waals surface area contributed by atoms with E-state index < -0.39 is 0 Å². The second-order valence-electron chi connectivity index (χ2n) is 5.28. The Morgan fingerprint density at radius 3 is 2.35 bits per heavy atom. The third kappa shape index (κ3) is 6.44. The summed E-state index contributed by atoms with van der Waals surface area (Å²) in [5.74, 6) is 0.397. The summed E-state index contributed by atoms with van der Waals surface area (Å²) < 4.78 is 0. The number of alkyl halides is 1. The number of carbonyl (C=O) groups excluding carboxylic acids is 1. The molecule has 1 unspecified atom stereocenters. The van der Waals surface area contributed by atoms with E-state index in [9.17, 15) is 4.79 Å². The lowest BCUT2D eigenvalue weighted by Gasteiger charge is -2.23. The summed E-state index contributed by atoms with van der Waals surface area (Å²) in [6.07, 6.45) is 3.26. The van der Waals surface area contributed by atoms with Crippen molar-refractivity contribution in [1.29, 1.82) is 0 Å². The van der Waals surface area contributed by atoms with Gasteiger partial charge in [-0.3, -0.25) is 4.79 Å². The highest BCUT2D eigenvalue weighted by atomic mass is 35.5. The van der Waals surface area contributed by atoms with Crippen molar-refractivity contribution < 1.29 is 4.79 Å². The minimum atomic E-state index is -0.143. The molecule has 4 heteroatoms. The van der Waals surface area contributed by atoms with Crippen LogP contribution in [-0.2, 0) is 11.3 Å². The normalized spacial score (nSPS) is 12.9. The minimum absolute atomic E-state index is 0.0128. The van der Waals surface area contributed by atoms with Gasteiger partial charge in [-0.15, -0.1) is 11.6 Å². The summed E-state index contributed by atoms with van der Waals surface area (Å²) in [7, 11) is 0. The van der Waals surface area contributed by atoms with Crippen LogP contribution in [0.2, 0.25) is 5.02 Å². The van der Waals surface area contributed by atoms with E-state index in [0.717, 1.165) is 5.56 Å². The van der Waals surface area contributed by atoms with Gasteiger partial charge in [0, 0.05) is 29.6 Å². The van der Waals surface area contributed by atoms with Crippen molar-refractivity contribution in [1.82, 2.24) is 4.90 Å². The zero-order chi connectivity index (χ0) is 15.1. The van der Waals surface area contributed by atoms with Crippen LogP contribution in [0.4, 0.5) is 0 Å². The number of hydrogen-bond donors (Lipinski definition) is 0. The lowest BCUT2D eigenvalue weighted by Crippen LogP contribution is -2.32. The fourth-order valence-electron chi connectivity index (χ4n) is 1.80. The molecule has 0 saturated carbocycles. The van der Waals surface area contributed by atoms with Crippen LogP contribution >= 0.6 is 23.2 Å². The van der Waals surface area contributed by atoms with Crippen LogP contribution in [0, 0.1) is 5.92 Å². The first kappa shape index (κ1) is 17.1. The molecule has 0 bridgehead atoms. The van der Waals surface area contributed by atoms with E-state index in [1.54, 1.807) is 12.2 Å². The molecule has 1 rings (SSSR count). The van der Waals surface area contributed by atoms with Crippen molar-refractivity contribution in [3.05, 3.63) is 47.0 Å². The maximum atomic E-state index is 12.2. The Labute approximate surface area is 131 Å².